The molecule has 1 saturated heterocycles. The number of carbonyl (C=O) groups excluding carboxylic acids is 4. The molecule has 48 heavy (non-hydrogen) atoms. The number of amides is 4. The molecule has 5 rings (SSSR count). The Morgan fingerprint density at radius 2 is 1.52 bits per heavy atom. The number of benzene rings is 3. The summed E-state index contributed by atoms with van der Waals surface area (Å²) in [5.41, 5.74) is 2.37. The molecule has 10 heteroatoms. The Labute approximate surface area is 282 Å². The SMILES string of the molecule is O=C1CC[C@@H](C(=O)N2CCC(c3ccccc3)CC2)NC(=O)c2ccccc2OCCCCCCNC(=O)[C@H](Cc2ccc(O)cc2)N1. The summed E-state index contributed by atoms with van der Waals surface area (Å²) in [6, 6.07) is 22.0. The molecule has 4 N–H and O–H groups in total. The first-order valence-corrected chi connectivity index (χ1v) is 17.1. The summed E-state index contributed by atoms with van der Waals surface area (Å²) in [4.78, 5) is 56.0. The molecular weight excluding hydrogens is 608 g/mol. The molecule has 2 aliphatic heterocycles. The minimum absolute atomic E-state index is 0.0611. The van der Waals surface area contributed by atoms with E-state index in [2.05, 4.69) is 28.1 Å². The van der Waals surface area contributed by atoms with Gasteiger partial charge in [-0.3, -0.25) is 19.2 Å². The number of ether oxygens (including phenoxy) is 1. The van der Waals surface area contributed by atoms with Crippen molar-refractivity contribution >= 4 is 23.6 Å². The van der Waals surface area contributed by atoms with Crippen LogP contribution in [0.5, 0.6) is 11.5 Å². The molecule has 0 radical (unpaired) electrons. The number of nitrogens with zero attached hydrogens (tertiary/aromatic N) is 1. The number of rotatable bonds is 4. The monoisotopic (exact) mass is 654 g/mol. The van der Waals surface area contributed by atoms with Crippen LogP contribution in [-0.4, -0.2) is 72.0 Å². The summed E-state index contributed by atoms with van der Waals surface area (Å²) < 4.78 is 6.00. The van der Waals surface area contributed by atoms with E-state index in [1.165, 1.54) is 5.56 Å². The molecule has 10 nitrogen and oxygen atoms in total. The van der Waals surface area contributed by atoms with Crippen LogP contribution in [0.15, 0.2) is 78.9 Å². The standard InChI is InChI=1S/C38H46N4O6/c43-30-16-14-27(15-17-30)26-33-37(46)39-22-8-1-2-9-25-48-34-13-7-6-12-31(34)36(45)41-32(18-19-35(44)40-33)38(47)42-23-20-29(21-24-42)28-10-4-3-5-11-28/h3-7,10-17,29,32-33,43H,1-2,8-9,18-26H2,(H,39,46)(H,40,44)(H,41,45)/t32-,33-/m0/s1. The van der Waals surface area contributed by atoms with Crippen molar-refractivity contribution in [2.24, 2.45) is 0 Å². The molecule has 0 aromatic heterocycles. The molecular formula is C38H46N4O6. The highest BCUT2D eigenvalue weighted by Crippen LogP contribution is 2.28. The molecule has 1 fully saturated rings. The van der Waals surface area contributed by atoms with Crippen molar-refractivity contribution in [1.82, 2.24) is 20.9 Å². The van der Waals surface area contributed by atoms with Crippen LogP contribution in [0.4, 0.5) is 0 Å². The molecule has 0 aliphatic carbocycles. The van der Waals surface area contributed by atoms with Gasteiger partial charge in [0.25, 0.3) is 5.91 Å². The Morgan fingerprint density at radius 1 is 0.812 bits per heavy atom. The topological polar surface area (TPSA) is 137 Å². The lowest BCUT2D eigenvalue weighted by Crippen LogP contribution is -2.51. The van der Waals surface area contributed by atoms with Crippen molar-refractivity contribution in [2.75, 3.05) is 26.2 Å². The van der Waals surface area contributed by atoms with Gasteiger partial charge >= 0.3 is 0 Å². The zero-order valence-corrected chi connectivity index (χ0v) is 27.4. The second kappa shape index (κ2) is 17.3. The number of aromatic hydroxyl groups is 1. The van der Waals surface area contributed by atoms with E-state index in [1.54, 1.807) is 47.4 Å². The molecule has 254 valence electrons. The zero-order valence-electron chi connectivity index (χ0n) is 27.4. The van der Waals surface area contributed by atoms with Gasteiger partial charge in [-0.05, 0) is 73.4 Å². The number of nitrogens with one attached hydrogen (secondary N) is 3. The van der Waals surface area contributed by atoms with Gasteiger partial charge in [0.15, 0.2) is 0 Å². The van der Waals surface area contributed by atoms with Gasteiger partial charge in [-0.1, -0.05) is 67.4 Å². The van der Waals surface area contributed by atoms with Gasteiger partial charge in [0.2, 0.25) is 17.7 Å². The first-order valence-electron chi connectivity index (χ1n) is 17.1. The smallest absolute Gasteiger partial charge is 0.255 e. The quantitative estimate of drug-likeness (QED) is 0.328. The molecule has 2 aliphatic rings. The number of para-hydroxylation sites is 1. The molecule has 2 atom stereocenters. The highest BCUT2D eigenvalue weighted by atomic mass is 16.5. The van der Waals surface area contributed by atoms with Crippen LogP contribution in [0.1, 0.15) is 78.8 Å². The minimum Gasteiger partial charge on any atom is -0.508 e. The maximum atomic E-state index is 14.0. The maximum Gasteiger partial charge on any atom is 0.255 e. The second-order valence-electron chi connectivity index (χ2n) is 12.6. The normalized spacial score (nSPS) is 20.8. The lowest BCUT2D eigenvalue weighted by molar-refractivity contribution is -0.135. The zero-order chi connectivity index (χ0) is 33.7. The molecule has 0 bridgehead atoms. The average Bonchev–Trinajstić information content (AvgIpc) is 3.11. The Morgan fingerprint density at radius 3 is 2.29 bits per heavy atom. The van der Waals surface area contributed by atoms with Crippen LogP contribution in [0.2, 0.25) is 0 Å². The van der Waals surface area contributed by atoms with Crippen LogP contribution in [0.3, 0.4) is 0 Å². The lowest BCUT2D eigenvalue weighted by atomic mass is 9.89. The third-order valence-electron chi connectivity index (χ3n) is 9.13. The predicted molar refractivity (Wildman–Crippen MR) is 183 cm³/mol. The molecule has 0 spiro atoms. The maximum absolute atomic E-state index is 14.0. The van der Waals surface area contributed by atoms with Gasteiger partial charge in [-0.25, -0.2) is 0 Å². The first kappa shape index (κ1) is 34.5. The number of phenols is 1. The highest BCUT2D eigenvalue weighted by molar-refractivity contribution is 6.00. The van der Waals surface area contributed by atoms with Crippen molar-refractivity contribution in [3.63, 3.8) is 0 Å². The number of phenolic OH excluding ortho intramolecular Hbond substituents is 1. The third-order valence-corrected chi connectivity index (χ3v) is 9.13. The Hall–Kier alpha value is -4.86. The average molecular weight is 655 g/mol. The number of piperidine rings is 1. The Balaban J connectivity index is 1.33. The minimum atomic E-state index is -0.948. The van der Waals surface area contributed by atoms with Crippen molar-refractivity contribution < 1.29 is 29.0 Å². The van der Waals surface area contributed by atoms with Crippen molar-refractivity contribution in [1.29, 1.82) is 0 Å². The summed E-state index contributed by atoms with van der Waals surface area (Å²) >= 11 is 0. The second-order valence-corrected chi connectivity index (χ2v) is 12.6. The summed E-state index contributed by atoms with van der Waals surface area (Å²) in [5, 5.41) is 18.4. The van der Waals surface area contributed by atoms with Gasteiger partial charge in [-0.2, -0.15) is 0 Å². The van der Waals surface area contributed by atoms with E-state index in [0.29, 0.717) is 43.5 Å². The molecule has 3 aromatic rings. The van der Waals surface area contributed by atoms with Crippen LogP contribution in [-0.2, 0) is 20.8 Å². The number of fused-ring (bicyclic) bond motifs is 1. The number of hydrogen-bond donors (Lipinski definition) is 4. The molecule has 0 saturated carbocycles. The fraction of sp³-hybridized carbons (Fsp3) is 0.421. The van der Waals surface area contributed by atoms with E-state index in [1.807, 2.05) is 24.3 Å². The fourth-order valence-electron chi connectivity index (χ4n) is 6.37. The summed E-state index contributed by atoms with van der Waals surface area (Å²) in [7, 11) is 0. The number of hydrogen-bond acceptors (Lipinski definition) is 6. The van der Waals surface area contributed by atoms with E-state index in [0.717, 1.165) is 44.1 Å². The van der Waals surface area contributed by atoms with E-state index in [9.17, 15) is 24.3 Å². The van der Waals surface area contributed by atoms with Crippen molar-refractivity contribution in [3.8, 4) is 11.5 Å². The number of carbonyl (C=O) groups is 4. The third kappa shape index (κ3) is 9.82. The van der Waals surface area contributed by atoms with Crippen molar-refractivity contribution in [2.45, 2.75) is 75.8 Å². The first-order chi connectivity index (χ1) is 23.4. The summed E-state index contributed by atoms with van der Waals surface area (Å²) in [6.45, 7) is 2.00. The number of likely N-dealkylation sites (tertiary alicyclic amines) is 1. The molecule has 3 aromatic carbocycles. The predicted octanol–water partition coefficient (Wildman–Crippen LogP) is 4.47. The van der Waals surface area contributed by atoms with Gasteiger partial charge in [0.05, 0.1) is 12.2 Å². The highest BCUT2D eigenvalue weighted by Gasteiger charge is 2.31. The molecule has 2 heterocycles. The summed E-state index contributed by atoms with van der Waals surface area (Å²) in [5.74, 6) is -0.449. The van der Waals surface area contributed by atoms with Crippen LogP contribution >= 0.6 is 0 Å². The van der Waals surface area contributed by atoms with Crippen LogP contribution < -0.4 is 20.7 Å². The molecule has 0 unspecified atom stereocenters. The van der Waals surface area contributed by atoms with Crippen molar-refractivity contribution in [3.05, 3.63) is 95.6 Å². The largest absolute Gasteiger partial charge is 0.508 e. The van der Waals surface area contributed by atoms with E-state index >= 15 is 0 Å². The fourth-order valence-corrected chi connectivity index (χ4v) is 6.37. The van der Waals surface area contributed by atoms with Gasteiger partial charge in [0, 0.05) is 32.5 Å². The van der Waals surface area contributed by atoms with Gasteiger partial charge < -0.3 is 30.7 Å². The van der Waals surface area contributed by atoms with E-state index in [-0.39, 0.29) is 36.8 Å². The van der Waals surface area contributed by atoms with Crippen LogP contribution in [0, 0.1) is 0 Å². The van der Waals surface area contributed by atoms with E-state index < -0.39 is 23.9 Å². The summed E-state index contributed by atoms with van der Waals surface area (Å²) in [6.07, 6.45) is 5.16. The van der Waals surface area contributed by atoms with E-state index in [4.69, 9.17) is 4.74 Å². The van der Waals surface area contributed by atoms with Crippen LogP contribution in [0.25, 0.3) is 0 Å². The van der Waals surface area contributed by atoms with Gasteiger partial charge in [-0.15, -0.1) is 0 Å². The lowest BCUT2D eigenvalue weighted by Gasteiger charge is -2.34. The molecule has 4 amide bonds. The Kier molecular flexibility index (Phi) is 12.5. The van der Waals surface area contributed by atoms with Gasteiger partial charge in [0.1, 0.15) is 23.6 Å². The Bertz CT molecular complexity index is 1520.